The number of carbonyl (C=O) groups excluding carboxylic acids is 3. The zero-order valence-corrected chi connectivity index (χ0v) is 10.9. The molecule has 0 saturated heterocycles. The zero-order valence-electron chi connectivity index (χ0n) is 10.9. The Morgan fingerprint density at radius 3 is 2.63 bits per heavy atom. The fourth-order valence-electron chi connectivity index (χ4n) is 2.31. The monoisotopic (exact) mass is 261 g/mol. The molecule has 19 heavy (non-hydrogen) atoms. The van der Waals surface area contributed by atoms with Gasteiger partial charge in [-0.1, -0.05) is 12.1 Å². The first-order chi connectivity index (χ1) is 9.06. The standard InChI is InChI=1S/C14H15NO4/c1-3-19-13(17)8-12-14(18)10-6-4-5-7-11(10)15(12)9(2)16/h4-7,12H,3,8H2,1-2H3. The van der Waals surface area contributed by atoms with Gasteiger partial charge in [0.2, 0.25) is 5.91 Å². The molecule has 2 rings (SSSR count). The molecule has 1 aromatic carbocycles. The average molecular weight is 261 g/mol. The van der Waals surface area contributed by atoms with E-state index in [-0.39, 0.29) is 24.7 Å². The van der Waals surface area contributed by atoms with Gasteiger partial charge < -0.3 is 9.64 Å². The van der Waals surface area contributed by atoms with Crippen LogP contribution in [-0.2, 0) is 14.3 Å². The Kier molecular flexibility index (Phi) is 3.64. The van der Waals surface area contributed by atoms with Gasteiger partial charge in [-0.3, -0.25) is 14.4 Å². The van der Waals surface area contributed by atoms with Gasteiger partial charge in [0.25, 0.3) is 0 Å². The van der Waals surface area contributed by atoms with Gasteiger partial charge in [0.05, 0.1) is 18.7 Å². The van der Waals surface area contributed by atoms with Gasteiger partial charge in [0.1, 0.15) is 6.04 Å². The maximum absolute atomic E-state index is 12.2. The number of nitrogens with zero attached hydrogens (tertiary/aromatic N) is 1. The molecular formula is C14H15NO4. The van der Waals surface area contributed by atoms with Gasteiger partial charge in [-0.2, -0.15) is 0 Å². The summed E-state index contributed by atoms with van der Waals surface area (Å²) in [5, 5.41) is 0. The lowest BCUT2D eigenvalue weighted by Gasteiger charge is -2.22. The maximum atomic E-state index is 12.2. The molecule has 1 heterocycles. The molecule has 100 valence electrons. The fourth-order valence-corrected chi connectivity index (χ4v) is 2.31. The molecule has 1 aliphatic heterocycles. The van der Waals surface area contributed by atoms with E-state index in [1.54, 1.807) is 31.2 Å². The summed E-state index contributed by atoms with van der Waals surface area (Å²) in [4.78, 5) is 36.9. The van der Waals surface area contributed by atoms with Crippen molar-refractivity contribution < 1.29 is 19.1 Å². The van der Waals surface area contributed by atoms with E-state index in [0.717, 1.165) is 0 Å². The van der Waals surface area contributed by atoms with Gasteiger partial charge in [0.15, 0.2) is 5.78 Å². The number of rotatable bonds is 3. The topological polar surface area (TPSA) is 63.7 Å². The van der Waals surface area contributed by atoms with Crippen molar-refractivity contribution in [3.8, 4) is 0 Å². The predicted molar refractivity (Wildman–Crippen MR) is 69.0 cm³/mol. The van der Waals surface area contributed by atoms with E-state index < -0.39 is 12.0 Å². The van der Waals surface area contributed by atoms with Crippen LogP contribution in [0.15, 0.2) is 24.3 Å². The molecule has 0 fully saturated rings. The van der Waals surface area contributed by atoms with E-state index in [1.165, 1.54) is 11.8 Å². The Morgan fingerprint density at radius 1 is 1.32 bits per heavy atom. The average Bonchev–Trinajstić information content (AvgIpc) is 2.64. The van der Waals surface area contributed by atoms with Crippen LogP contribution < -0.4 is 4.90 Å². The molecule has 1 aliphatic rings. The minimum absolute atomic E-state index is 0.110. The Balaban J connectivity index is 2.32. The molecule has 0 N–H and O–H groups in total. The smallest absolute Gasteiger partial charge is 0.308 e. The first-order valence-electron chi connectivity index (χ1n) is 6.15. The largest absolute Gasteiger partial charge is 0.466 e. The van der Waals surface area contributed by atoms with E-state index in [2.05, 4.69) is 0 Å². The summed E-state index contributed by atoms with van der Waals surface area (Å²) in [7, 11) is 0. The van der Waals surface area contributed by atoms with Crippen molar-refractivity contribution >= 4 is 23.3 Å². The molecule has 1 aromatic rings. The second kappa shape index (κ2) is 5.22. The second-order valence-electron chi connectivity index (χ2n) is 4.30. The van der Waals surface area contributed by atoms with Crippen LogP contribution in [0, 0.1) is 0 Å². The number of hydrogen-bond donors (Lipinski definition) is 0. The Labute approximate surface area is 111 Å². The zero-order chi connectivity index (χ0) is 14.0. The number of para-hydroxylation sites is 1. The molecule has 5 heteroatoms. The number of Topliss-reactive ketones (excluding diaryl/α,β-unsaturated/α-hetero) is 1. The number of ether oxygens (including phenoxy) is 1. The highest BCUT2D eigenvalue weighted by atomic mass is 16.5. The third kappa shape index (κ3) is 2.36. The van der Waals surface area contributed by atoms with E-state index in [9.17, 15) is 14.4 Å². The number of benzene rings is 1. The highest BCUT2D eigenvalue weighted by molar-refractivity contribution is 6.18. The van der Waals surface area contributed by atoms with Crippen LogP contribution in [0.1, 0.15) is 30.6 Å². The molecule has 0 aromatic heterocycles. The number of amides is 1. The molecule has 0 spiro atoms. The van der Waals surface area contributed by atoms with Crippen LogP contribution in [0.25, 0.3) is 0 Å². The lowest BCUT2D eigenvalue weighted by atomic mass is 10.1. The first-order valence-corrected chi connectivity index (χ1v) is 6.15. The fraction of sp³-hybridized carbons (Fsp3) is 0.357. The second-order valence-corrected chi connectivity index (χ2v) is 4.30. The van der Waals surface area contributed by atoms with E-state index in [1.807, 2.05) is 0 Å². The van der Waals surface area contributed by atoms with Gasteiger partial charge in [-0.25, -0.2) is 0 Å². The lowest BCUT2D eigenvalue weighted by Crippen LogP contribution is -2.40. The van der Waals surface area contributed by atoms with Crippen LogP contribution in [0.5, 0.6) is 0 Å². The molecule has 1 unspecified atom stereocenters. The van der Waals surface area contributed by atoms with Crippen molar-refractivity contribution in [2.75, 3.05) is 11.5 Å². The quantitative estimate of drug-likeness (QED) is 0.774. The number of carbonyl (C=O) groups is 3. The summed E-state index contributed by atoms with van der Waals surface area (Å²) < 4.78 is 4.85. The first kappa shape index (κ1) is 13.3. The minimum Gasteiger partial charge on any atom is -0.466 e. The highest BCUT2D eigenvalue weighted by Gasteiger charge is 2.40. The van der Waals surface area contributed by atoms with Crippen LogP contribution in [0.2, 0.25) is 0 Å². The number of esters is 1. The summed E-state index contributed by atoms with van der Waals surface area (Å²) in [5.41, 5.74) is 1.04. The number of anilines is 1. The van der Waals surface area contributed by atoms with Crippen LogP contribution >= 0.6 is 0 Å². The van der Waals surface area contributed by atoms with Gasteiger partial charge in [0, 0.05) is 12.5 Å². The van der Waals surface area contributed by atoms with Crippen LogP contribution in [0.3, 0.4) is 0 Å². The molecule has 1 atom stereocenters. The summed E-state index contributed by atoms with van der Waals surface area (Å²) in [6.45, 7) is 3.34. The SMILES string of the molecule is CCOC(=O)CC1C(=O)c2ccccc2N1C(C)=O. The van der Waals surface area contributed by atoms with Crippen LogP contribution in [0.4, 0.5) is 5.69 Å². The molecule has 0 bridgehead atoms. The lowest BCUT2D eigenvalue weighted by molar-refractivity contribution is -0.143. The third-order valence-corrected chi connectivity index (χ3v) is 3.05. The number of fused-ring (bicyclic) bond motifs is 1. The molecular weight excluding hydrogens is 246 g/mol. The molecule has 0 aliphatic carbocycles. The Hall–Kier alpha value is -2.17. The minimum atomic E-state index is -0.783. The summed E-state index contributed by atoms with van der Waals surface area (Å²) in [6.07, 6.45) is -0.110. The number of hydrogen-bond acceptors (Lipinski definition) is 4. The predicted octanol–water partition coefficient (Wildman–Crippen LogP) is 1.56. The Morgan fingerprint density at radius 2 is 2.00 bits per heavy atom. The van der Waals surface area contributed by atoms with E-state index in [0.29, 0.717) is 11.3 Å². The van der Waals surface area contributed by atoms with Crippen molar-refractivity contribution in [2.24, 2.45) is 0 Å². The molecule has 5 nitrogen and oxygen atoms in total. The van der Waals surface area contributed by atoms with Gasteiger partial charge in [-0.05, 0) is 19.1 Å². The van der Waals surface area contributed by atoms with Gasteiger partial charge >= 0.3 is 5.97 Å². The summed E-state index contributed by atoms with van der Waals surface area (Å²) in [6, 6.07) is 6.09. The third-order valence-electron chi connectivity index (χ3n) is 3.05. The summed E-state index contributed by atoms with van der Waals surface area (Å²) in [5.74, 6) is -0.939. The molecule has 0 radical (unpaired) electrons. The van der Waals surface area contributed by atoms with Crippen molar-refractivity contribution in [1.82, 2.24) is 0 Å². The summed E-state index contributed by atoms with van der Waals surface area (Å²) >= 11 is 0. The van der Waals surface area contributed by atoms with Crippen LogP contribution in [-0.4, -0.2) is 30.3 Å². The highest BCUT2D eigenvalue weighted by Crippen LogP contribution is 2.33. The maximum Gasteiger partial charge on any atom is 0.308 e. The van der Waals surface area contributed by atoms with Crippen molar-refractivity contribution in [3.05, 3.63) is 29.8 Å². The van der Waals surface area contributed by atoms with Gasteiger partial charge in [-0.15, -0.1) is 0 Å². The molecule has 0 saturated carbocycles. The van der Waals surface area contributed by atoms with Crippen molar-refractivity contribution in [1.29, 1.82) is 0 Å². The van der Waals surface area contributed by atoms with E-state index >= 15 is 0 Å². The normalized spacial score (nSPS) is 17.3. The Bertz CT molecular complexity index is 538. The van der Waals surface area contributed by atoms with Crippen molar-refractivity contribution in [2.45, 2.75) is 26.3 Å². The number of ketones is 1. The van der Waals surface area contributed by atoms with Crippen molar-refractivity contribution in [3.63, 3.8) is 0 Å². The van der Waals surface area contributed by atoms with E-state index in [4.69, 9.17) is 4.74 Å². The molecule has 1 amide bonds.